The molecule has 0 unspecified atom stereocenters. The van der Waals surface area contributed by atoms with Crippen LogP contribution in [0.25, 0.3) is 0 Å². The zero-order valence-corrected chi connectivity index (χ0v) is 17.9. The molecule has 6 heteroatoms. The third-order valence-electron chi connectivity index (χ3n) is 4.26. The van der Waals surface area contributed by atoms with E-state index in [1.165, 1.54) is 0 Å². The van der Waals surface area contributed by atoms with Crippen molar-refractivity contribution in [2.45, 2.75) is 39.5 Å². The number of anilines is 1. The molecule has 0 saturated carbocycles. The maximum absolute atomic E-state index is 12.6. The summed E-state index contributed by atoms with van der Waals surface area (Å²) in [6.07, 6.45) is 2.89. The number of nitrogens with zero attached hydrogens (tertiary/aromatic N) is 2. The molecule has 2 aromatic carbocycles. The molecule has 0 saturated heterocycles. The number of hydrazone groups is 1. The molecule has 0 bridgehead atoms. The summed E-state index contributed by atoms with van der Waals surface area (Å²) in [6, 6.07) is 14.8. The molecule has 0 atom stereocenters. The molecule has 0 aliphatic heterocycles. The summed E-state index contributed by atoms with van der Waals surface area (Å²) in [5.74, 6) is 0.164. The fourth-order valence-corrected chi connectivity index (χ4v) is 3.10. The Balaban J connectivity index is 2.13. The number of benzene rings is 2. The van der Waals surface area contributed by atoms with Gasteiger partial charge in [-0.25, -0.2) is 0 Å². The Morgan fingerprint density at radius 3 is 1.96 bits per heavy atom. The molecule has 1 N–H and O–H groups in total. The molecule has 4 nitrogen and oxygen atoms in total. The Labute approximate surface area is 177 Å². The van der Waals surface area contributed by atoms with Gasteiger partial charge in [0, 0.05) is 36.0 Å². The highest BCUT2D eigenvalue weighted by Gasteiger charge is 2.14. The van der Waals surface area contributed by atoms with Crippen LogP contribution in [0, 0.1) is 0 Å². The fourth-order valence-electron chi connectivity index (χ4n) is 2.85. The van der Waals surface area contributed by atoms with Crippen molar-refractivity contribution in [3.63, 3.8) is 0 Å². The lowest BCUT2D eigenvalue weighted by molar-refractivity contribution is -0.131. The van der Waals surface area contributed by atoms with Gasteiger partial charge >= 0.3 is 0 Å². The molecule has 150 valence electrons. The summed E-state index contributed by atoms with van der Waals surface area (Å²) in [5.41, 5.74) is 5.65. The largest absolute Gasteiger partial charge is 0.343 e. The number of carbonyl (C=O) groups is 1. The van der Waals surface area contributed by atoms with E-state index in [9.17, 15) is 4.79 Å². The zero-order chi connectivity index (χ0) is 20.4. The first-order chi connectivity index (χ1) is 13.5. The summed E-state index contributed by atoms with van der Waals surface area (Å²) in [7, 11) is 0. The van der Waals surface area contributed by atoms with E-state index in [4.69, 9.17) is 23.2 Å². The topological polar surface area (TPSA) is 44.7 Å². The van der Waals surface area contributed by atoms with E-state index in [-0.39, 0.29) is 5.91 Å². The van der Waals surface area contributed by atoms with Crippen molar-refractivity contribution >= 4 is 40.5 Å². The number of halogens is 2. The van der Waals surface area contributed by atoms with Gasteiger partial charge in [-0.1, -0.05) is 49.2 Å². The summed E-state index contributed by atoms with van der Waals surface area (Å²) in [6.45, 7) is 5.77. The minimum atomic E-state index is 0.164. The van der Waals surface area contributed by atoms with Crippen LogP contribution in [0.1, 0.15) is 45.1 Å². The van der Waals surface area contributed by atoms with Gasteiger partial charge < -0.3 is 4.90 Å². The van der Waals surface area contributed by atoms with Crippen LogP contribution >= 0.6 is 23.2 Å². The van der Waals surface area contributed by atoms with Gasteiger partial charge in [0.05, 0.1) is 11.4 Å². The minimum Gasteiger partial charge on any atom is -0.343 e. The van der Waals surface area contributed by atoms with Crippen LogP contribution in [0.3, 0.4) is 0 Å². The van der Waals surface area contributed by atoms with E-state index in [1.54, 1.807) is 12.1 Å². The van der Waals surface area contributed by atoms with Crippen molar-refractivity contribution in [1.82, 2.24) is 4.90 Å². The molecule has 2 rings (SSSR count). The Morgan fingerprint density at radius 1 is 0.893 bits per heavy atom. The van der Waals surface area contributed by atoms with Crippen molar-refractivity contribution in [2.24, 2.45) is 5.10 Å². The molecule has 1 amide bonds. The summed E-state index contributed by atoms with van der Waals surface area (Å²) in [4.78, 5) is 14.6. The number of rotatable bonds is 10. The third kappa shape index (κ3) is 7.17. The van der Waals surface area contributed by atoms with Gasteiger partial charge in [0.2, 0.25) is 5.91 Å². The van der Waals surface area contributed by atoms with E-state index < -0.39 is 0 Å². The van der Waals surface area contributed by atoms with E-state index in [0.717, 1.165) is 42.9 Å². The molecular formula is C22H27Cl2N3O. The van der Waals surface area contributed by atoms with E-state index >= 15 is 0 Å². The summed E-state index contributed by atoms with van der Waals surface area (Å²) >= 11 is 11.9. The molecule has 2 aromatic rings. The number of amides is 1. The Bertz CT molecular complexity index is 767. The predicted molar refractivity (Wildman–Crippen MR) is 119 cm³/mol. The number of hydrogen-bond acceptors (Lipinski definition) is 3. The molecule has 0 radical (unpaired) electrons. The van der Waals surface area contributed by atoms with Gasteiger partial charge in [0.15, 0.2) is 0 Å². The van der Waals surface area contributed by atoms with Crippen molar-refractivity contribution in [2.75, 3.05) is 18.5 Å². The van der Waals surface area contributed by atoms with Gasteiger partial charge in [0.1, 0.15) is 0 Å². The second kappa shape index (κ2) is 11.7. The van der Waals surface area contributed by atoms with Crippen LogP contribution in [0.15, 0.2) is 53.6 Å². The summed E-state index contributed by atoms with van der Waals surface area (Å²) in [5, 5.41) is 5.90. The van der Waals surface area contributed by atoms with Gasteiger partial charge in [-0.3, -0.25) is 10.2 Å². The van der Waals surface area contributed by atoms with E-state index in [1.807, 2.05) is 41.3 Å². The normalized spacial score (nSPS) is 11.4. The molecule has 0 heterocycles. The average Bonchev–Trinajstić information content (AvgIpc) is 2.70. The number of carbonyl (C=O) groups excluding carboxylic acids is 1. The smallest absolute Gasteiger partial charge is 0.222 e. The highest BCUT2D eigenvalue weighted by Crippen LogP contribution is 2.16. The van der Waals surface area contributed by atoms with Gasteiger partial charge in [0.25, 0.3) is 0 Å². The monoisotopic (exact) mass is 419 g/mol. The number of hydrogen-bond donors (Lipinski definition) is 1. The highest BCUT2D eigenvalue weighted by molar-refractivity contribution is 6.31. The molecule has 0 aliphatic carbocycles. The van der Waals surface area contributed by atoms with Crippen molar-refractivity contribution < 1.29 is 4.79 Å². The van der Waals surface area contributed by atoms with Crippen molar-refractivity contribution in [1.29, 1.82) is 0 Å². The first kappa shape index (κ1) is 22.3. The lowest BCUT2D eigenvalue weighted by atomic mass is 10.1. The maximum atomic E-state index is 12.6. The molecule has 0 fully saturated rings. The second-order valence-electron chi connectivity index (χ2n) is 6.56. The molecule has 0 aliphatic rings. The maximum Gasteiger partial charge on any atom is 0.222 e. The fraction of sp³-hybridized carbons (Fsp3) is 0.364. The average molecular weight is 420 g/mol. The van der Waals surface area contributed by atoms with Gasteiger partial charge in [-0.15, -0.1) is 0 Å². The quantitative estimate of drug-likeness (QED) is 0.365. The molecular weight excluding hydrogens is 393 g/mol. The minimum absolute atomic E-state index is 0.164. The lowest BCUT2D eigenvalue weighted by Crippen LogP contribution is -2.32. The van der Waals surface area contributed by atoms with E-state index in [0.29, 0.717) is 22.9 Å². The highest BCUT2D eigenvalue weighted by atomic mass is 35.5. The van der Waals surface area contributed by atoms with Crippen LogP contribution in [0.5, 0.6) is 0 Å². The Morgan fingerprint density at radius 2 is 1.43 bits per heavy atom. The Hall–Kier alpha value is -2.04. The standard InChI is InChI=1S/C22H27Cl2N3O/c1-3-15-27(16-4-2)22(28)14-13-21(17-5-7-18(23)8-6-17)26-25-20-11-9-19(24)10-12-20/h5-12,25H,3-4,13-16H2,1-2H3/b26-21-. The van der Waals surface area contributed by atoms with E-state index in [2.05, 4.69) is 24.4 Å². The van der Waals surface area contributed by atoms with Crippen LogP contribution in [0.4, 0.5) is 5.69 Å². The van der Waals surface area contributed by atoms with Crippen LogP contribution < -0.4 is 5.43 Å². The number of nitrogens with one attached hydrogen (secondary N) is 1. The first-order valence-corrected chi connectivity index (χ1v) is 10.4. The van der Waals surface area contributed by atoms with Crippen LogP contribution in [-0.2, 0) is 4.79 Å². The van der Waals surface area contributed by atoms with Gasteiger partial charge in [-0.05, 0) is 54.8 Å². The van der Waals surface area contributed by atoms with Crippen LogP contribution in [0.2, 0.25) is 10.0 Å². The van der Waals surface area contributed by atoms with Crippen molar-refractivity contribution in [3.05, 3.63) is 64.1 Å². The summed E-state index contributed by atoms with van der Waals surface area (Å²) < 4.78 is 0. The Kier molecular flexibility index (Phi) is 9.32. The molecule has 0 aromatic heterocycles. The zero-order valence-electron chi connectivity index (χ0n) is 16.4. The van der Waals surface area contributed by atoms with Gasteiger partial charge in [-0.2, -0.15) is 5.10 Å². The molecule has 0 spiro atoms. The first-order valence-electron chi connectivity index (χ1n) is 9.65. The second-order valence-corrected chi connectivity index (χ2v) is 7.44. The van der Waals surface area contributed by atoms with Crippen LogP contribution in [-0.4, -0.2) is 29.6 Å². The lowest BCUT2D eigenvalue weighted by Gasteiger charge is -2.21. The van der Waals surface area contributed by atoms with Crippen molar-refractivity contribution in [3.8, 4) is 0 Å². The SMILES string of the molecule is CCCN(CCC)C(=O)CC/C(=N/Nc1ccc(Cl)cc1)c1ccc(Cl)cc1. The molecule has 28 heavy (non-hydrogen) atoms. The third-order valence-corrected chi connectivity index (χ3v) is 4.76. The predicted octanol–water partition coefficient (Wildman–Crippen LogP) is 6.24.